The highest BCUT2D eigenvalue weighted by Crippen LogP contribution is 2.26. The normalized spacial score (nSPS) is 14.2. The second-order valence-corrected chi connectivity index (χ2v) is 5.95. The first-order valence-corrected chi connectivity index (χ1v) is 7.63. The van der Waals surface area contributed by atoms with Gasteiger partial charge in [0.05, 0.1) is 12.1 Å². The number of H-pyrrole nitrogens is 1. The number of amides is 1. The SMILES string of the molecule is CC1=C(C(=O)Nc2ccc3[nH]cc(C)c3c2)Cn2nnnc2N1C. The van der Waals surface area contributed by atoms with E-state index < -0.39 is 0 Å². The van der Waals surface area contributed by atoms with Gasteiger partial charge in [0, 0.05) is 35.5 Å². The summed E-state index contributed by atoms with van der Waals surface area (Å²) in [6, 6.07) is 5.83. The van der Waals surface area contributed by atoms with Crippen LogP contribution in [0, 0.1) is 6.92 Å². The Balaban J connectivity index is 1.63. The maximum absolute atomic E-state index is 12.7. The summed E-state index contributed by atoms with van der Waals surface area (Å²) in [5, 5.41) is 15.6. The Morgan fingerprint density at radius 3 is 3.00 bits per heavy atom. The van der Waals surface area contributed by atoms with Crippen LogP contribution >= 0.6 is 0 Å². The summed E-state index contributed by atoms with van der Waals surface area (Å²) in [6.07, 6.45) is 1.96. The Kier molecular flexibility index (Phi) is 3.12. The maximum atomic E-state index is 12.7. The first-order chi connectivity index (χ1) is 11.5. The largest absolute Gasteiger partial charge is 0.361 e. The van der Waals surface area contributed by atoms with Crippen molar-refractivity contribution in [2.45, 2.75) is 20.4 Å². The Morgan fingerprint density at radius 1 is 1.33 bits per heavy atom. The monoisotopic (exact) mass is 323 g/mol. The van der Waals surface area contributed by atoms with Crippen molar-refractivity contribution in [2.24, 2.45) is 0 Å². The fourth-order valence-electron chi connectivity index (χ4n) is 2.94. The van der Waals surface area contributed by atoms with E-state index in [-0.39, 0.29) is 5.91 Å². The summed E-state index contributed by atoms with van der Waals surface area (Å²) >= 11 is 0. The molecule has 0 spiro atoms. The predicted octanol–water partition coefficient (Wildman–Crippen LogP) is 1.83. The van der Waals surface area contributed by atoms with Gasteiger partial charge in [0.25, 0.3) is 5.91 Å². The average molecular weight is 323 g/mol. The van der Waals surface area contributed by atoms with Gasteiger partial charge in [-0.3, -0.25) is 4.79 Å². The van der Waals surface area contributed by atoms with Crippen LogP contribution in [0.25, 0.3) is 10.9 Å². The van der Waals surface area contributed by atoms with Gasteiger partial charge in [-0.2, -0.15) is 0 Å². The minimum absolute atomic E-state index is 0.145. The summed E-state index contributed by atoms with van der Waals surface area (Å²) in [5.41, 5.74) is 4.45. The number of hydrogen-bond donors (Lipinski definition) is 2. The Morgan fingerprint density at radius 2 is 2.17 bits per heavy atom. The van der Waals surface area contributed by atoms with E-state index >= 15 is 0 Å². The fourth-order valence-corrected chi connectivity index (χ4v) is 2.94. The molecule has 2 N–H and O–H groups in total. The van der Waals surface area contributed by atoms with Crippen molar-refractivity contribution in [2.75, 3.05) is 17.3 Å². The molecule has 0 radical (unpaired) electrons. The van der Waals surface area contributed by atoms with Gasteiger partial charge in [-0.15, -0.1) is 0 Å². The van der Waals surface area contributed by atoms with Crippen molar-refractivity contribution in [3.63, 3.8) is 0 Å². The van der Waals surface area contributed by atoms with Crippen molar-refractivity contribution in [3.8, 4) is 0 Å². The summed E-state index contributed by atoms with van der Waals surface area (Å²) in [7, 11) is 1.85. The fraction of sp³-hybridized carbons (Fsp3) is 0.250. The molecule has 3 heterocycles. The van der Waals surface area contributed by atoms with E-state index in [9.17, 15) is 4.79 Å². The highest BCUT2D eigenvalue weighted by molar-refractivity contribution is 6.05. The molecule has 1 aliphatic rings. The zero-order valence-electron chi connectivity index (χ0n) is 13.7. The molecule has 1 amide bonds. The van der Waals surface area contributed by atoms with E-state index in [0.717, 1.165) is 27.9 Å². The molecule has 0 aliphatic carbocycles. The van der Waals surface area contributed by atoms with Crippen molar-refractivity contribution >= 4 is 28.4 Å². The number of nitrogens with zero attached hydrogens (tertiary/aromatic N) is 5. The molecular weight excluding hydrogens is 306 g/mol. The number of hydrogen-bond acceptors (Lipinski definition) is 5. The van der Waals surface area contributed by atoms with E-state index in [1.807, 2.05) is 50.2 Å². The molecule has 122 valence electrons. The summed E-state index contributed by atoms with van der Waals surface area (Å²) in [5.74, 6) is 0.487. The molecular formula is C16H17N7O. The number of carbonyl (C=O) groups is 1. The minimum atomic E-state index is -0.145. The summed E-state index contributed by atoms with van der Waals surface area (Å²) in [4.78, 5) is 17.7. The first kappa shape index (κ1) is 14.4. The standard InChI is InChI=1S/C16H17N7O/c1-9-7-17-14-5-4-11(6-12(9)14)18-15(24)13-8-23-16(19-20-21-23)22(3)10(13)2/h4-7,17H,8H2,1-3H3,(H,18,24). The third kappa shape index (κ3) is 2.15. The van der Waals surface area contributed by atoms with Gasteiger partial charge >= 0.3 is 0 Å². The minimum Gasteiger partial charge on any atom is -0.361 e. The maximum Gasteiger partial charge on any atom is 0.255 e. The van der Waals surface area contributed by atoms with Crippen LogP contribution in [0.5, 0.6) is 0 Å². The van der Waals surface area contributed by atoms with E-state index in [2.05, 4.69) is 25.8 Å². The number of fused-ring (bicyclic) bond motifs is 2. The van der Waals surface area contributed by atoms with Crippen LogP contribution in [0.3, 0.4) is 0 Å². The van der Waals surface area contributed by atoms with E-state index in [0.29, 0.717) is 18.1 Å². The lowest BCUT2D eigenvalue weighted by Gasteiger charge is -2.26. The second-order valence-electron chi connectivity index (χ2n) is 5.95. The molecule has 0 unspecified atom stereocenters. The molecule has 4 rings (SSSR count). The Hall–Kier alpha value is -3.16. The molecule has 0 fully saturated rings. The van der Waals surface area contributed by atoms with E-state index in [1.54, 1.807) is 4.68 Å². The molecule has 0 saturated heterocycles. The number of aromatic nitrogens is 5. The molecule has 0 atom stereocenters. The van der Waals surface area contributed by atoms with Gasteiger partial charge in [-0.05, 0) is 48.0 Å². The van der Waals surface area contributed by atoms with E-state index in [1.165, 1.54) is 0 Å². The number of tetrazole rings is 1. The lowest BCUT2D eigenvalue weighted by Crippen LogP contribution is -2.32. The van der Waals surface area contributed by atoms with Gasteiger partial charge in [0.15, 0.2) is 0 Å². The molecule has 3 aromatic rings. The smallest absolute Gasteiger partial charge is 0.255 e. The lowest BCUT2D eigenvalue weighted by molar-refractivity contribution is -0.113. The molecule has 24 heavy (non-hydrogen) atoms. The second kappa shape index (κ2) is 5.19. The van der Waals surface area contributed by atoms with Crippen LogP contribution in [-0.4, -0.2) is 38.1 Å². The van der Waals surface area contributed by atoms with Gasteiger partial charge in [0.1, 0.15) is 0 Å². The van der Waals surface area contributed by atoms with Crippen molar-refractivity contribution < 1.29 is 4.79 Å². The quantitative estimate of drug-likeness (QED) is 0.750. The number of allylic oxidation sites excluding steroid dienone is 1. The van der Waals surface area contributed by atoms with Gasteiger partial charge in [0.2, 0.25) is 5.95 Å². The van der Waals surface area contributed by atoms with Crippen LogP contribution in [0.2, 0.25) is 0 Å². The number of benzene rings is 1. The molecule has 1 aliphatic heterocycles. The molecule has 1 aromatic carbocycles. The van der Waals surface area contributed by atoms with Crippen LogP contribution < -0.4 is 10.2 Å². The predicted molar refractivity (Wildman–Crippen MR) is 90.6 cm³/mol. The molecule has 2 aromatic heterocycles. The van der Waals surface area contributed by atoms with Gasteiger partial charge < -0.3 is 15.2 Å². The zero-order chi connectivity index (χ0) is 16.8. The molecule has 8 heteroatoms. The topological polar surface area (TPSA) is 91.7 Å². The number of carbonyl (C=O) groups excluding carboxylic acids is 1. The van der Waals surface area contributed by atoms with Crippen molar-refractivity contribution in [3.05, 3.63) is 41.2 Å². The Bertz CT molecular complexity index is 981. The van der Waals surface area contributed by atoms with Crippen LogP contribution in [0.1, 0.15) is 12.5 Å². The molecule has 8 nitrogen and oxygen atoms in total. The van der Waals surface area contributed by atoms with Crippen LogP contribution in [-0.2, 0) is 11.3 Å². The first-order valence-electron chi connectivity index (χ1n) is 7.63. The Labute approximate surface area is 138 Å². The zero-order valence-corrected chi connectivity index (χ0v) is 13.7. The highest BCUT2D eigenvalue weighted by Gasteiger charge is 2.26. The van der Waals surface area contributed by atoms with Crippen molar-refractivity contribution in [1.82, 2.24) is 25.2 Å². The van der Waals surface area contributed by atoms with Gasteiger partial charge in [-0.25, -0.2) is 4.68 Å². The van der Waals surface area contributed by atoms with E-state index in [4.69, 9.17) is 0 Å². The summed E-state index contributed by atoms with van der Waals surface area (Å²) < 4.78 is 1.61. The lowest BCUT2D eigenvalue weighted by atomic mass is 10.1. The third-order valence-electron chi connectivity index (χ3n) is 4.48. The summed E-state index contributed by atoms with van der Waals surface area (Å²) in [6.45, 7) is 4.29. The molecule has 0 saturated carbocycles. The van der Waals surface area contributed by atoms with Crippen LogP contribution in [0.4, 0.5) is 11.6 Å². The van der Waals surface area contributed by atoms with Gasteiger partial charge in [-0.1, -0.05) is 5.10 Å². The number of anilines is 2. The average Bonchev–Trinajstić information content (AvgIpc) is 3.18. The number of aromatic amines is 1. The molecule has 0 bridgehead atoms. The number of rotatable bonds is 2. The number of nitrogens with one attached hydrogen (secondary N) is 2. The van der Waals surface area contributed by atoms with Crippen LogP contribution in [0.15, 0.2) is 35.7 Å². The third-order valence-corrected chi connectivity index (χ3v) is 4.48. The number of aryl methyl sites for hydroxylation is 1. The van der Waals surface area contributed by atoms with Crippen molar-refractivity contribution in [1.29, 1.82) is 0 Å². The highest BCUT2D eigenvalue weighted by atomic mass is 16.1.